The summed E-state index contributed by atoms with van der Waals surface area (Å²) in [6.07, 6.45) is 7.54. The lowest BCUT2D eigenvalue weighted by atomic mass is 9.89. The zero-order chi connectivity index (χ0) is 42.7. The number of nitrogens with one attached hydrogen (secondary N) is 4. The fourth-order valence-corrected chi connectivity index (χ4v) is 10.3. The molecule has 4 amide bonds. The zero-order valence-electron chi connectivity index (χ0n) is 35.5. The molecule has 0 radical (unpaired) electrons. The van der Waals surface area contributed by atoms with Crippen LogP contribution in [0.2, 0.25) is 0 Å². The molecule has 4 aliphatic rings. The molecule has 14 heteroatoms. The number of likely N-dealkylation sites (tertiary alicyclic amines) is 2. The summed E-state index contributed by atoms with van der Waals surface area (Å²) < 4.78 is 9.56. The van der Waals surface area contributed by atoms with E-state index in [1.807, 2.05) is 36.0 Å². The molecule has 2 aromatic heterocycles. The zero-order valence-corrected chi connectivity index (χ0v) is 35.5. The summed E-state index contributed by atoms with van der Waals surface area (Å²) in [5.74, 6) is 1.72. The number of nitrogens with zero attached hydrogens (tertiary/aromatic N) is 4. The van der Waals surface area contributed by atoms with E-state index in [0.717, 1.165) is 88.2 Å². The van der Waals surface area contributed by atoms with E-state index in [4.69, 9.17) is 19.4 Å². The number of H-pyrrole nitrogens is 2. The number of ether oxygens (including phenoxy) is 2. The van der Waals surface area contributed by atoms with E-state index in [-0.39, 0.29) is 47.2 Å². The van der Waals surface area contributed by atoms with E-state index in [1.54, 1.807) is 6.92 Å². The van der Waals surface area contributed by atoms with Crippen molar-refractivity contribution in [2.75, 3.05) is 20.8 Å². The number of hydrogen-bond acceptors (Lipinski definition) is 8. The predicted molar refractivity (Wildman–Crippen MR) is 230 cm³/mol. The van der Waals surface area contributed by atoms with Gasteiger partial charge in [0.15, 0.2) is 0 Å². The molecule has 2 saturated carbocycles. The Morgan fingerprint density at radius 1 is 0.738 bits per heavy atom. The van der Waals surface area contributed by atoms with Crippen molar-refractivity contribution in [2.24, 2.45) is 23.2 Å². The minimum absolute atomic E-state index is 0.0816. The fraction of sp³-hybridized carbons (Fsp3) is 0.447. The van der Waals surface area contributed by atoms with Crippen LogP contribution in [0.4, 0.5) is 9.59 Å². The topological polar surface area (TPSA) is 175 Å². The van der Waals surface area contributed by atoms with Crippen LogP contribution >= 0.6 is 0 Å². The highest BCUT2D eigenvalue weighted by atomic mass is 16.5. The number of alkyl carbamates (subject to hydrolysis) is 2. The van der Waals surface area contributed by atoms with Crippen molar-refractivity contribution in [1.82, 2.24) is 40.4 Å². The summed E-state index contributed by atoms with van der Waals surface area (Å²) in [6.45, 7) is 8.41. The third-order valence-electron chi connectivity index (χ3n) is 14.0. The van der Waals surface area contributed by atoms with Crippen LogP contribution in [-0.2, 0) is 19.1 Å². The largest absolute Gasteiger partial charge is 0.453 e. The highest BCUT2D eigenvalue weighted by molar-refractivity contribution is 5.91. The van der Waals surface area contributed by atoms with Gasteiger partial charge in [0.1, 0.15) is 23.7 Å². The van der Waals surface area contributed by atoms with Gasteiger partial charge < -0.3 is 39.9 Å². The van der Waals surface area contributed by atoms with Crippen LogP contribution in [0.3, 0.4) is 0 Å². The first-order valence-corrected chi connectivity index (χ1v) is 21.4. The van der Waals surface area contributed by atoms with Crippen LogP contribution in [0, 0.1) is 23.2 Å². The number of piperidine rings is 1. The number of carbonyl (C=O) groups is 4. The minimum atomic E-state index is -0.702. The maximum Gasteiger partial charge on any atom is 0.407 e. The quantitative estimate of drug-likeness (QED) is 0.111. The summed E-state index contributed by atoms with van der Waals surface area (Å²) in [6, 6.07) is 19.6. The minimum Gasteiger partial charge on any atom is -0.453 e. The predicted octanol–water partition coefficient (Wildman–Crippen LogP) is 7.76. The van der Waals surface area contributed by atoms with Crippen LogP contribution in [-0.4, -0.2) is 92.6 Å². The second-order valence-electron chi connectivity index (χ2n) is 17.9. The smallest absolute Gasteiger partial charge is 0.407 e. The van der Waals surface area contributed by atoms with E-state index >= 15 is 0 Å². The molecule has 7 atom stereocenters. The van der Waals surface area contributed by atoms with Gasteiger partial charge in [0.25, 0.3) is 0 Å². The first-order chi connectivity index (χ1) is 29.4. The van der Waals surface area contributed by atoms with Gasteiger partial charge in [0, 0.05) is 18.2 Å². The van der Waals surface area contributed by atoms with Gasteiger partial charge in [-0.25, -0.2) is 19.6 Å². The van der Waals surface area contributed by atoms with Gasteiger partial charge in [-0.3, -0.25) is 9.59 Å². The number of hydrogen-bond donors (Lipinski definition) is 4. The Hall–Kier alpha value is -6.18. The molecule has 3 aromatic carbocycles. The van der Waals surface area contributed by atoms with Crippen molar-refractivity contribution in [3.63, 3.8) is 0 Å². The van der Waals surface area contributed by atoms with Gasteiger partial charge in [0.2, 0.25) is 11.8 Å². The van der Waals surface area contributed by atoms with Crippen LogP contribution in [0.5, 0.6) is 0 Å². The lowest BCUT2D eigenvalue weighted by molar-refractivity contribution is -0.138. The molecule has 5 aromatic rings. The fourth-order valence-electron chi connectivity index (χ4n) is 10.3. The third-order valence-corrected chi connectivity index (χ3v) is 14.0. The number of carbonyl (C=O) groups excluding carboxylic acids is 4. The van der Waals surface area contributed by atoms with Crippen molar-refractivity contribution in [2.45, 2.75) is 90.0 Å². The maximum atomic E-state index is 14.0. The number of amides is 4. The molecule has 2 saturated heterocycles. The van der Waals surface area contributed by atoms with Crippen molar-refractivity contribution in [3.05, 3.63) is 84.7 Å². The first kappa shape index (κ1) is 40.2. The summed E-state index contributed by atoms with van der Waals surface area (Å²) in [5, 5.41) is 7.60. The van der Waals surface area contributed by atoms with E-state index in [9.17, 15) is 19.2 Å². The first-order valence-electron chi connectivity index (χ1n) is 21.4. The van der Waals surface area contributed by atoms with E-state index in [2.05, 4.69) is 88.2 Å². The maximum absolute atomic E-state index is 14.0. The number of fused-ring (bicyclic) bond motifs is 3. The molecule has 9 rings (SSSR count). The molecule has 7 unspecified atom stereocenters. The number of rotatable bonds is 10. The molecular formula is C47H54N8O6. The molecule has 4 N–H and O–H groups in total. The van der Waals surface area contributed by atoms with E-state index < -0.39 is 24.3 Å². The Morgan fingerprint density at radius 2 is 1.31 bits per heavy atom. The van der Waals surface area contributed by atoms with E-state index in [1.165, 1.54) is 14.2 Å². The van der Waals surface area contributed by atoms with Crippen molar-refractivity contribution >= 4 is 34.8 Å². The highest BCUT2D eigenvalue weighted by Gasteiger charge is 2.60. The lowest BCUT2D eigenvalue weighted by Gasteiger charge is -2.36. The standard InChI is InChI=1S/C47H54N8O6/c1-25(2)38(53-46(59)61-6)44(57)54-24-47(17-18-47)26(3)39(54)41-48-22-36(51-41)29-9-7-28(8-10-29)30-11-12-32-20-33(14-13-31(32)19-30)37-23-49-42(52-37)40-34-15-16-35(21-34)55(40)43(56)27(4)50-45(58)60-5/h7-14,19-20,22-23,25-27,34-35,38-40H,15-18,21,24H2,1-6H3,(H,48,51)(H,49,52)(H,50,58)(H,53,59). The molecular weight excluding hydrogens is 773 g/mol. The second kappa shape index (κ2) is 15.7. The number of methoxy groups -OCH3 is 2. The van der Waals surface area contributed by atoms with Crippen molar-refractivity contribution < 1.29 is 28.7 Å². The highest BCUT2D eigenvalue weighted by Crippen LogP contribution is 2.62. The van der Waals surface area contributed by atoms with Gasteiger partial charge in [-0.1, -0.05) is 69.3 Å². The van der Waals surface area contributed by atoms with Crippen LogP contribution < -0.4 is 10.6 Å². The Labute approximate surface area is 355 Å². The number of imidazole rings is 2. The number of aromatic nitrogens is 4. The number of benzene rings is 3. The summed E-state index contributed by atoms with van der Waals surface area (Å²) in [4.78, 5) is 72.2. The molecule has 2 bridgehead atoms. The summed E-state index contributed by atoms with van der Waals surface area (Å²) in [5.41, 5.74) is 6.04. The third kappa shape index (κ3) is 7.29. The van der Waals surface area contributed by atoms with Crippen LogP contribution in [0.25, 0.3) is 44.4 Å². The van der Waals surface area contributed by atoms with E-state index in [0.29, 0.717) is 12.5 Å². The van der Waals surface area contributed by atoms with Gasteiger partial charge in [-0.2, -0.15) is 0 Å². The number of aromatic amines is 2. The molecule has 1 spiro atoms. The lowest BCUT2D eigenvalue weighted by Crippen LogP contribution is -2.51. The van der Waals surface area contributed by atoms with Gasteiger partial charge >= 0.3 is 12.2 Å². The Morgan fingerprint density at radius 3 is 1.95 bits per heavy atom. The van der Waals surface area contributed by atoms with Crippen molar-refractivity contribution in [3.8, 4) is 33.6 Å². The summed E-state index contributed by atoms with van der Waals surface area (Å²) >= 11 is 0. The normalized spacial score (nSPS) is 23.4. The second-order valence-corrected chi connectivity index (χ2v) is 17.9. The van der Waals surface area contributed by atoms with Gasteiger partial charge in [-0.05, 0) is 102 Å². The molecule has 2 aliphatic heterocycles. The Kier molecular flexibility index (Phi) is 10.4. The monoisotopic (exact) mass is 826 g/mol. The van der Waals surface area contributed by atoms with Gasteiger partial charge in [0.05, 0.1) is 50.1 Å². The Balaban J connectivity index is 0.899. The molecule has 2 aliphatic carbocycles. The van der Waals surface area contributed by atoms with Gasteiger partial charge in [-0.15, -0.1) is 0 Å². The van der Waals surface area contributed by atoms with Crippen LogP contribution in [0.15, 0.2) is 73.1 Å². The molecule has 61 heavy (non-hydrogen) atoms. The average molecular weight is 827 g/mol. The van der Waals surface area contributed by atoms with Crippen molar-refractivity contribution in [1.29, 1.82) is 0 Å². The summed E-state index contributed by atoms with van der Waals surface area (Å²) in [7, 11) is 2.60. The SMILES string of the molecule is COC(=O)NC(C)C(=O)N1C2CCC(C2)C1c1ncc(-c2ccc3cc(-c4ccc(-c5cnc(C6C(C)C7(CC7)CN6C(=O)C(NC(=O)OC)C(C)C)[nH]5)cc4)ccc3c2)[nH]1. The molecule has 4 heterocycles. The molecule has 318 valence electrons. The van der Waals surface area contributed by atoms with Crippen LogP contribution in [0.1, 0.15) is 83.5 Å². The Bertz CT molecular complexity index is 2490. The molecule has 14 nitrogen and oxygen atoms in total. The average Bonchev–Trinajstić information content (AvgIpc) is 3.83. The molecule has 4 fully saturated rings.